The van der Waals surface area contributed by atoms with Crippen LogP contribution < -0.4 is 0 Å². The van der Waals surface area contributed by atoms with E-state index in [4.69, 9.17) is 16.1 Å². The number of benzene rings is 2. The molecule has 1 fully saturated rings. The maximum Gasteiger partial charge on any atom is 0.227 e. The number of halogens is 2. The van der Waals surface area contributed by atoms with Gasteiger partial charge in [-0.2, -0.15) is 4.98 Å². The minimum Gasteiger partial charge on any atom is -0.341 e. The zero-order valence-corrected chi connectivity index (χ0v) is 18.8. The lowest BCUT2D eigenvalue weighted by atomic mass is 10.1. The number of aromatic nitrogens is 2. The van der Waals surface area contributed by atoms with Crippen LogP contribution in [0.2, 0.25) is 5.02 Å². The van der Waals surface area contributed by atoms with Crippen LogP contribution in [0.4, 0.5) is 4.39 Å². The Labute approximate surface area is 192 Å². The Morgan fingerprint density at radius 3 is 2.72 bits per heavy atom. The Kier molecular flexibility index (Phi) is 7.17. The van der Waals surface area contributed by atoms with Gasteiger partial charge in [0.2, 0.25) is 17.6 Å². The Morgan fingerprint density at radius 2 is 1.94 bits per heavy atom. The first-order valence-electron chi connectivity index (χ1n) is 10.8. The molecule has 0 radical (unpaired) electrons. The lowest BCUT2D eigenvalue weighted by Crippen LogP contribution is -2.35. The third kappa shape index (κ3) is 5.72. The number of aryl methyl sites for hydroxylation is 2. The minimum atomic E-state index is -0.310. The molecule has 8 heteroatoms. The third-order valence-corrected chi connectivity index (χ3v) is 5.96. The van der Waals surface area contributed by atoms with Crippen molar-refractivity contribution in [3.63, 3.8) is 0 Å². The molecule has 1 saturated heterocycles. The Hall–Kier alpha value is -2.77. The highest BCUT2D eigenvalue weighted by atomic mass is 35.5. The van der Waals surface area contributed by atoms with Gasteiger partial charge in [-0.05, 0) is 42.7 Å². The van der Waals surface area contributed by atoms with Crippen molar-refractivity contribution in [1.82, 2.24) is 19.9 Å². The van der Waals surface area contributed by atoms with Crippen LogP contribution in [0.25, 0.3) is 11.4 Å². The van der Waals surface area contributed by atoms with Crippen molar-refractivity contribution >= 4 is 17.5 Å². The van der Waals surface area contributed by atoms with Gasteiger partial charge in [0, 0.05) is 56.2 Å². The molecular formula is C24H26ClFN4O2. The first kappa shape index (κ1) is 22.4. The molecule has 0 unspecified atom stereocenters. The van der Waals surface area contributed by atoms with Crippen LogP contribution in [0.15, 0.2) is 47.0 Å². The normalized spacial score (nSPS) is 15.0. The van der Waals surface area contributed by atoms with Crippen LogP contribution in [-0.4, -0.2) is 52.0 Å². The fourth-order valence-electron chi connectivity index (χ4n) is 3.80. The molecule has 32 heavy (non-hydrogen) atoms. The van der Waals surface area contributed by atoms with Gasteiger partial charge in [-0.3, -0.25) is 9.69 Å². The Morgan fingerprint density at radius 1 is 1.12 bits per heavy atom. The van der Waals surface area contributed by atoms with Gasteiger partial charge in [0.1, 0.15) is 5.82 Å². The maximum atomic E-state index is 13.8. The summed E-state index contributed by atoms with van der Waals surface area (Å²) in [6, 6.07) is 12.7. The average molecular weight is 457 g/mol. The number of nitrogens with zero attached hydrogens (tertiary/aromatic N) is 4. The molecule has 1 amide bonds. The second-order valence-corrected chi connectivity index (χ2v) is 8.55. The van der Waals surface area contributed by atoms with E-state index in [1.165, 1.54) is 11.6 Å². The Balaban J connectivity index is 1.27. The average Bonchev–Trinajstić information content (AvgIpc) is 3.14. The number of carbonyl (C=O) groups excluding carboxylic acids is 1. The summed E-state index contributed by atoms with van der Waals surface area (Å²) >= 11 is 5.96. The van der Waals surface area contributed by atoms with Crippen LogP contribution in [0.3, 0.4) is 0 Å². The van der Waals surface area contributed by atoms with Crippen LogP contribution in [0.1, 0.15) is 29.9 Å². The summed E-state index contributed by atoms with van der Waals surface area (Å²) in [4.78, 5) is 21.3. The van der Waals surface area contributed by atoms with Gasteiger partial charge in [-0.15, -0.1) is 0 Å². The van der Waals surface area contributed by atoms with Crippen LogP contribution in [-0.2, 0) is 17.8 Å². The topological polar surface area (TPSA) is 62.5 Å². The predicted molar refractivity (Wildman–Crippen MR) is 121 cm³/mol. The number of carbonyl (C=O) groups is 1. The van der Waals surface area contributed by atoms with Crippen molar-refractivity contribution in [2.45, 2.75) is 32.7 Å². The van der Waals surface area contributed by atoms with E-state index in [0.29, 0.717) is 42.2 Å². The molecule has 1 aliphatic rings. The highest BCUT2D eigenvalue weighted by molar-refractivity contribution is 6.30. The third-order valence-electron chi connectivity index (χ3n) is 5.71. The summed E-state index contributed by atoms with van der Waals surface area (Å²) in [6.45, 7) is 5.78. The lowest BCUT2D eigenvalue weighted by Gasteiger charge is -2.22. The largest absolute Gasteiger partial charge is 0.341 e. The molecule has 168 valence electrons. The summed E-state index contributed by atoms with van der Waals surface area (Å²) in [5.41, 5.74) is 2.34. The second kappa shape index (κ2) is 10.2. The van der Waals surface area contributed by atoms with Crippen molar-refractivity contribution in [3.8, 4) is 11.4 Å². The molecule has 6 nitrogen and oxygen atoms in total. The standard InChI is InChI=1S/C24H26ClFN4O2/c1-17-3-6-19(15-21(17)26)24-27-22(32-28-24)9-10-23(31)30-12-2-11-29(13-14-30)16-18-4-7-20(25)8-5-18/h3-8,15H,2,9-14,16H2,1H3. The molecule has 0 aliphatic carbocycles. The molecule has 4 rings (SSSR count). The first-order chi connectivity index (χ1) is 15.5. The molecule has 1 aliphatic heterocycles. The number of amides is 1. The van der Waals surface area contributed by atoms with Crippen molar-refractivity contribution in [2.75, 3.05) is 26.2 Å². The van der Waals surface area contributed by atoms with E-state index >= 15 is 0 Å². The molecule has 2 aromatic carbocycles. The summed E-state index contributed by atoms with van der Waals surface area (Å²) in [6.07, 6.45) is 1.61. The molecule has 0 atom stereocenters. The van der Waals surface area contributed by atoms with Gasteiger partial charge in [0.15, 0.2) is 0 Å². The predicted octanol–water partition coefficient (Wildman–Crippen LogP) is 4.50. The maximum absolute atomic E-state index is 13.8. The van der Waals surface area contributed by atoms with Crippen molar-refractivity contribution in [1.29, 1.82) is 0 Å². The fraction of sp³-hybridized carbons (Fsp3) is 0.375. The number of rotatable bonds is 6. The van der Waals surface area contributed by atoms with E-state index in [-0.39, 0.29) is 11.7 Å². The van der Waals surface area contributed by atoms with Gasteiger partial charge >= 0.3 is 0 Å². The number of hydrogen-bond donors (Lipinski definition) is 0. The summed E-state index contributed by atoms with van der Waals surface area (Å²) in [5, 5.41) is 4.66. The number of hydrogen-bond acceptors (Lipinski definition) is 5. The fourth-order valence-corrected chi connectivity index (χ4v) is 3.93. The monoisotopic (exact) mass is 456 g/mol. The summed E-state index contributed by atoms with van der Waals surface area (Å²) in [7, 11) is 0. The quantitative estimate of drug-likeness (QED) is 0.546. The van der Waals surface area contributed by atoms with Gasteiger partial charge in [-0.1, -0.05) is 41.0 Å². The summed E-state index contributed by atoms with van der Waals surface area (Å²) in [5.74, 6) is 0.488. The molecule has 1 aromatic heterocycles. The second-order valence-electron chi connectivity index (χ2n) is 8.11. The SMILES string of the molecule is Cc1ccc(-c2noc(CCC(=O)N3CCCN(Cc4ccc(Cl)cc4)CC3)n2)cc1F. The molecular weight excluding hydrogens is 431 g/mol. The van der Waals surface area contributed by atoms with Crippen LogP contribution >= 0.6 is 11.6 Å². The van der Waals surface area contributed by atoms with Crippen molar-refractivity contribution < 1.29 is 13.7 Å². The molecule has 0 spiro atoms. The van der Waals surface area contributed by atoms with Gasteiger partial charge in [-0.25, -0.2) is 4.39 Å². The molecule has 0 bridgehead atoms. The lowest BCUT2D eigenvalue weighted by molar-refractivity contribution is -0.131. The van der Waals surface area contributed by atoms with E-state index in [9.17, 15) is 9.18 Å². The highest BCUT2D eigenvalue weighted by Gasteiger charge is 2.20. The first-order valence-corrected chi connectivity index (χ1v) is 11.2. The molecule has 2 heterocycles. The van der Waals surface area contributed by atoms with Gasteiger partial charge < -0.3 is 9.42 Å². The van der Waals surface area contributed by atoms with E-state index in [1.807, 2.05) is 29.2 Å². The summed E-state index contributed by atoms with van der Waals surface area (Å²) < 4.78 is 19.1. The zero-order chi connectivity index (χ0) is 22.5. The van der Waals surface area contributed by atoms with E-state index in [2.05, 4.69) is 15.0 Å². The smallest absolute Gasteiger partial charge is 0.227 e. The van der Waals surface area contributed by atoms with Gasteiger partial charge in [0.05, 0.1) is 0 Å². The highest BCUT2D eigenvalue weighted by Crippen LogP contribution is 2.20. The van der Waals surface area contributed by atoms with Crippen molar-refractivity contribution in [2.24, 2.45) is 0 Å². The molecule has 0 saturated carbocycles. The van der Waals surface area contributed by atoms with E-state index < -0.39 is 0 Å². The Bertz CT molecular complexity index is 1070. The molecule has 0 N–H and O–H groups in total. The van der Waals surface area contributed by atoms with Gasteiger partial charge in [0.25, 0.3) is 0 Å². The van der Waals surface area contributed by atoms with Crippen molar-refractivity contribution in [3.05, 3.63) is 70.3 Å². The zero-order valence-electron chi connectivity index (χ0n) is 18.1. The van der Waals surface area contributed by atoms with E-state index in [0.717, 1.165) is 37.6 Å². The van der Waals surface area contributed by atoms with Crippen LogP contribution in [0, 0.1) is 12.7 Å². The van der Waals surface area contributed by atoms with E-state index in [1.54, 1.807) is 19.1 Å². The van der Waals surface area contributed by atoms with Crippen LogP contribution in [0.5, 0.6) is 0 Å². The molecule has 3 aromatic rings. The minimum absolute atomic E-state index is 0.0828.